The van der Waals surface area contributed by atoms with Gasteiger partial charge < -0.3 is 9.67 Å². The van der Waals surface area contributed by atoms with Crippen LogP contribution in [0.1, 0.15) is 4.88 Å². The summed E-state index contributed by atoms with van der Waals surface area (Å²) in [5, 5.41) is 20.7. The van der Waals surface area contributed by atoms with Crippen molar-refractivity contribution in [2.24, 2.45) is 0 Å². The van der Waals surface area contributed by atoms with E-state index in [1.165, 1.54) is 50.9 Å². The number of rotatable bonds is 5. The second-order valence-electron chi connectivity index (χ2n) is 9.22. The number of hydrogen-bond donors (Lipinski definition) is 1. The molecule has 7 rings (SSSR count). The van der Waals surface area contributed by atoms with Crippen LogP contribution in [-0.4, -0.2) is 24.4 Å². The fourth-order valence-electron chi connectivity index (χ4n) is 5.15. The van der Waals surface area contributed by atoms with E-state index in [2.05, 4.69) is 92.2 Å². The fourth-order valence-corrected chi connectivity index (χ4v) is 6.70. The second kappa shape index (κ2) is 9.58. The zero-order valence-electron chi connectivity index (χ0n) is 20.8. The zero-order valence-corrected chi connectivity index (χ0v) is 22.4. The van der Waals surface area contributed by atoms with Gasteiger partial charge in [-0.15, -0.1) is 11.3 Å². The Bertz CT molecular complexity index is 2110. The summed E-state index contributed by atoms with van der Waals surface area (Å²) >= 11 is 2.58. The minimum Gasteiger partial charge on any atom is -0.477 e. The van der Waals surface area contributed by atoms with Crippen LogP contribution in [0.5, 0.6) is 0 Å². The Hall–Kier alpha value is -5.10. The maximum absolute atomic E-state index is 11.2. The number of aliphatic carboxylic acids is 1. The van der Waals surface area contributed by atoms with Crippen LogP contribution in [-0.2, 0) is 4.79 Å². The van der Waals surface area contributed by atoms with Gasteiger partial charge in [0.15, 0.2) is 0 Å². The minimum atomic E-state index is -1.24. The van der Waals surface area contributed by atoms with Crippen LogP contribution in [0, 0.1) is 11.3 Å². The maximum atomic E-state index is 11.2. The third kappa shape index (κ3) is 3.88. The van der Waals surface area contributed by atoms with E-state index in [1.54, 1.807) is 6.07 Å². The lowest BCUT2D eigenvalue weighted by Gasteiger charge is -2.10. The number of benzene rings is 4. The summed E-state index contributed by atoms with van der Waals surface area (Å²) in [7, 11) is 0. The molecule has 0 bridgehead atoms. The van der Waals surface area contributed by atoms with Crippen LogP contribution >= 0.6 is 23.1 Å². The summed E-state index contributed by atoms with van der Waals surface area (Å²) in [5.74, 6) is -1.24. The highest BCUT2D eigenvalue weighted by atomic mass is 32.1. The molecule has 0 fully saturated rings. The maximum Gasteiger partial charge on any atom is 0.346 e. The average Bonchev–Trinajstić information content (AvgIpc) is 3.73. The number of carbonyl (C=O) groups is 1. The van der Waals surface area contributed by atoms with Gasteiger partial charge in [0.1, 0.15) is 22.7 Å². The van der Waals surface area contributed by atoms with Crippen molar-refractivity contribution in [2.45, 2.75) is 0 Å². The number of thiophene rings is 1. The third-order valence-electron chi connectivity index (χ3n) is 6.96. The van der Waals surface area contributed by atoms with Crippen LogP contribution < -0.4 is 0 Å². The zero-order chi connectivity index (χ0) is 27.2. The van der Waals surface area contributed by atoms with E-state index < -0.39 is 5.97 Å². The first-order chi connectivity index (χ1) is 19.6. The van der Waals surface area contributed by atoms with Gasteiger partial charge in [-0.25, -0.2) is 4.79 Å². The molecular weight excluding hydrogens is 537 g/mol. The van der Waals surface area contributed by atoms with Gasteiger partial charge in [0.25, 0.3) is 0 Å². The standard InChI is InChI=1S/C32H18N4O2S2/c33-18-20(32(37)38)17-22-13-16-29(39-22)26-15-14-23(30-31(26)35-40-34-30)19-9-11-21(12-10-19)36-27-7-3-1-5-24(27)25-6-2-4-8-28(25)36/h1-17H,(H,37,38)/b20-17+. The van der Waals surface area contributed by atoms with E-state index in [9.17, 15) is 9.90 Å². The Morgan fingerprint density at radius 1 is 0.800 bits per heavy atom. The third-order valence-corrected chi connectivity index (χ3v) is 8.56. The molecular formula is C32H18N4O2S2. The predicted octanol–water partition coefficient (Wildman–Crippen LogP) is 8.18. The second-order valence-corrected chi connectivity index (χ2v) is 10.9. The molecule has 0 aliphatic heterocycles. The monoisotopic (exact) mass is 554 g/mol. The fraction of sp³-hybridized carbons (Fsp3) is 0. The molecule has 190 valence electrons. The molecule has 0 saturated heterocycles. The lowest BCUT2D eigenvalue weighted by atomic mass is 10.0. The molecule has 40 heavy (non-hydrogen) atoms. The van der Waals surface area contributed by atoms with Gasteiger partial charge in [0, 0.05) is 37.3 Å². The van der Waals surface area contributed by atoms with Gasteiger partial charge in [-0.2, -0.15) is 14.0 Å². The van der Waals surface area contributed by atoms with Crippen molar-refractivity contribution >= 4 is 67.9 Å². The quantitative estimate of drug-likeness (QED) is 0.171. The van der Waals surface area contributed by atoms with E-state index >= 15 is 0 Å². The number of nitrogens with zero attached hydrogens (tertiary/aromatic N) is 4. The number of aromatic nitrogens is 3. The number of hydrogen-bond acceptors (Lipinski definition) is 6. The molecule has 0 aliphatic rings. The summed E-state index contributed by atoms with van der Waals surface area (Å²) in [6.07, 6.45) is 1.39. The van der Waals surface area contributed by atoms with Crippen molar-refractivity contribution < 1.29 is 9.90 Å². The summed E-state index contributed by atoms with van der Waals surface area (Å²) in [5.41, 5.74) is 7.71. The van der Waals surface area contributed by atoms with Gasteiger partial charge >= 0.3 is 5.97 Å². The number of carboxylic acid groups (broad SMARTS) is 1. The van der Waals surface area contributed by atoms with Gasteiger partial charge in [-0.3, -0.25) is 0 Å². The van der Waals surface area contributed by atoms with Crippen molar-refractivity contribution in [3.8, 4) is 33.3 Å². The van der Waals surface area contributed by atoms with E-state index in [0.717, 1.165) is 38.3 Å². The highest BCUT2D eigenvalue weighted by molar-refractivity contribution is 7.16. The Morgan fingerprint density at radius 3 is 2.08 bits per heavy atom. The van der Waals surface area contributed by atoms with Crippen LogP contribution in [0.15, 0.2) is 103 Å². The van der Waals surface area contributed by atoms with Gasteiger partial charge in [-0.05, 0) is 48.0 Å². The molecule has 0 spiro atoms. The molecule has 0 atom stereocenters. The highest BCUT2D eigenvalue weighted by Gasteiger charge is 2.16. The van der Waals surface area contributed by atoms with Crippen molar-refractivity contribution in [2.75, 3.05) is 0 Å². The van der Waals surface area contributed by atoms with E-state index in [0.29, 0.717) is 4.88 Å². The normalized spacial score (nSPS) is 11.8. The molecule has 4 aromatic carbocycles. The van der Waals surface area contributed by atoms with Gasteiger partial charge in [-0.1, -0.05) is 60.7 Å². The lowest BCUT2D eigenvalue weighted by Crippen LogP contribution is -1.96. The Morgan fingerprint density at radius 2 is 1.43 bits per heavy atom. The number of nitriles is 1. The molecule has 3 heterocycles. The molecule has 0 amide bonds. The molecule has 6 nitrogen and oxygen atoms in total. The largest absolute Gasteiger partial charge is 0.477 e. The summed E-state index contributed by atoms with van der Waals surface area (Å²) < 4.78 is 11.5. The first-order valence-electron chi connectivity index (χ1n) is 12.4. The number of fused-ring (bicyclic) bond motifs is 4. The molecule has 7 aromatic rings. The van der Waals surface area contributed by atoms with Gasteiger partial charge in [0.2, 0.25) is 0 Å². The van der Waals surface area contributed by atoms with Crippen LogP contribution in [0.3, 0.4) is 0 Å². The molecule has 0 unspecified atom stereocenters. The molecule has 3 aromatic heterocycles. The first kappa shape index (κ1) is 24.0. The van der Waals surface area contributed by atoms with Crippen molar-refractivity contribution in [1.82, 2.24) is 13.3 Å². The number of para-hydroxylation sites is 2. The van der Waals surface area contributed by atoms with Crippen molar-refractivity contribution in [3.05, 3.63) is 108 Å². The Labute approximate surface area is 236 Å². The topological polar surface area (TPSA) is 91.8 Å². The van der Waals surface area contributed by atoms with Crippen molar-refractivity contribution in [3.63, 3.8) is 0 Å². The Kier molecular flexibility index (Phi) is 5.74. The molecule has 0 aliphatic carbocycles. The first-order valence-corrected chi connectivity index (χ1v) is 14.0. The average molecular weight is 555 g/mol. The molecule has 0 saturated carbocycles. The predicted molar refractivity (Wildman–Crippen MR) is 162 cm³/mol. The van der Waals surface area contributed by atoms with Crippen LogP contribution in [0.25, 0.3) is 66.2 Å². The molecule has 8 heteroatoms. The van der Waals surface area contributed by atoms with Crippen LogP contribution in [0.4, 0.5) is 0 Å². The summed E-state index contributed by atoms with van der Waals surface area (Å²) in [6, 6.07) is 35.0. The Balaban J connectivity index is 1.28. The molecule has 1 N–H and O–H groups in total. The number of carboxylic acids is 1. The summed E-state index contributed by atoms with van der Waals surface area (Å²) in [6.45, 7) is 0. The molecule has 0 radical (unpaired) electrons. The van der Waals surface area contributed by atoms with Gasteiger partial charge in [0.05, 0.1) is 22.8 Å². The smallest absolute Gasteiger partial charge is 0.346 e. The van der Waals surface area contributed by atoms with E-state index in [-0.39, 0.29) is 5.57 Å². The highest BCUT2D eigenvalue weighted by Crippen LogP contribution is 2.38. The minimum absolute atomic E-state index is 0.298. The van der Waals surface area contributed by atoms with Crippen molar-refractivity contribution in [1.29, 1.82) is 5.26 Å². The summed E-state index contributed by atoms with van der Waals surface area (Å²) in [4.78, 5) is 12.8. The SMILES string of the molecule is N#C/C(=C\c1ccc(-c2ccc(-c3ccc(-n4c5ccccc5c5ccccc54)cc3)c3nsnc23)s1)C(=O)O. The lowest BCUT2D eigenvalue weighted by molar-refractivity contribution is -0.132. The van der Waals surface area contributed by atoms with Crippen LogP contribution in [0.2, 0.25) is 0 Å². The van der Waals surface area contributed by atoms with E-state index in [4.69, 9.17) is 5.26 Å². The van der Waals surface area contributed by atoms with E-state index in [1.807, 2.05) is 18.2 Å².